The van der Waals surface area contributed by atoms with Gasteiger partial charge in [0, 0.05) is 0 Å². The second-order valence-electron chi connectivity index (χ2n) is 3.22. The second kappa shape index (κ2) is 6.76. The van der Waals surface area contributed by atoms with E-state index >= 15 is 0 Å². The Labute approximate surface area is 96.6 Å². The van der Waals surface area contributed by atoms with E-state index in [9.17, 15) is 0 Å². The van der Waals surface area contributed by atoms with Crippen LogP contribution in [0.15, 0.2) is 18.2 Å². The summed E-state index contributed by atoms with van der Waals surface area (Å²) in [6.07, 6.45) is 0.968. The maximum absolute atomic E-state index is 5.58. The van der Waals surface area contributed by atoms with E-state index in [1.807, 2.05) is 18.2 Å². The first-order valence-corrected chi connectivity index (χ1v) is 5.31. The van der Waals surface area contributed by atoms with E-state index in [2.05, 4.69) is 18.8 Å². The summed E-state index contributed by atoms with van der Waals surface area (Å²) >= 11 is 0. The smallest absolute Gasteiger partial charge is 0.135 e. The van der Waals surface area contributed by atoms with Crippen LogP contribution < -0.4 is 15.2 Å². The van der Waals surface area contributed by atoms with Crippen molar-refractivity contribution >= 4 is 0 Å². The standard InChI is InChI=1S/C13H17NO2/c1-3-9-16-13-7-6-12(15-2)10-11(13)5-4-8-14/h6-7,10H,3,8-9,14H2,1-2H3. The molecule has 0 spiro atoms. The lowest BCUT2D eigenvalue weighted by Crippen LogP contribution is -1.98. The minimum absolute atomic E-state index is 0.338. The number of methoxy groups -OCH3 is 1. The summed E-state index contributed by atoms with van der Waals surface area (Å²) in [5.74, 6) is 7.34. The minimum Gasteiger partial charge on any atom is -0.497 e. The molecule has 0 fully saturated rings. The summed E-state index contributed by atoms with van der Waals surface area (Å²) in [4.78, 5) is 0. The van der Waals surface area contributed by atoms with Gasteiger partial charge < -0.3 is 15.2 Å². The number of hydrogen-bond acceptors (Lipinski definition) is 3. The lowest BCUT2D eigenvalue weighted by Gasteiger charge is -2.08. The van der Waals surface area contributed by atoms with E-state index in [-0.39, 0.29) is 0 Å². The first-order valence-electron chi connectivity index (χ1n) is 5.31. The quantitative estimate of drug-likeness (QED) is 0.785. The Morgan fingerprint density at radius 1 is 1.38 bits per heavy atom. The largest absolute Gasteiger partial charge is 0.497 e. The Morgan fingerprint density at radius 3 is 2.81 bits per heavy atom. The fourth-order valence-electron chi connectivity index (χ4n) is 1.22. The van der Waals surface area contributed by atoms with Gasteiger partial charge in [-0.3, -0.25) is 0 Å². The van der Waals surface area contributed by atoms with Crippen molar-refractivity contribution in [2.75, 3.05) is 20.3 Å². The fourth-order valence-corrected chi connectivity index (χ4v) is 1.22. The summed E-state index contributed by atoms with van der Waals surface area (Å²) in [6.45, 7) is 3.09. The molecule has 1 rings (SSSR count). The number of hydrogen-bond donors (Lipinski definition) is 1. The van der Waals surface area contributed by atoms with Crippen molar-refractivity contribution in [2.24, 2.45) is 5.73 Å². The van der Waals surface area contributed by atoms with Gasteiger partial charge in [-0.2, -0.15) is 0 Å². The molecule has 86 valence electrons. The highest BCUT2D eigenvalue weighted by atomic mass is 16.5. The van der Waals surface area contributed by atoms with Crippen molar-refractivity contribution < 1.29 is 9.47 Å². The molecule has 0 radical (unpaired) electrons. The zero-order valence-electron chi connectivity index (χ0n) is 9.75. The molecule has 0 aliphatic heterocycles. The van der Waals surface area contributed by atoms with Crippen molar-refractivity contribution in [3.63, 3.8) is 0 Å². The summed E-state index contributed by atoms with van der Waals surface area (Å²) in [6, 6.07) is 5.58. The minimum atomic E-state index is 0.338. The summed E-state index contributed by atoms with van der Waals surface area (Å²) in [7, 11) is 1.63. The van der Waals surface area contributed by atoms with E-state index in [0.717, 1.165) is 23.5 Å². The van der Waals surface area contributed by atoms with Crippen LogP contribution in [0.3, 0.4) is 0 Å². The molecule has 0 aromatic heterocycles. The maximum Gasteiger partial charge on any atom is 0.135 e. The Morgan fingerprint density at radius 2 is 2.19 bits per heavy atom. The fraction of sp³-hybridized carbons (Fsp3) is 0.385. The van der Waals surface area contributed by atoms with Gasteiger partial charge in [-0.05, 0) is 24.6 Å². The molecular weight excluding hydrogens is 202 g/mol. The first kappa shape index (κ1) is 12.4. The summed E-state index contributed by atoms with van der Waals surface area (Å²) < 4.78 is 10.7. The molecule has 0 saturated heterocycles. The molecule has 0 unspecified atom stereocenters. The molecule has 0 aliphatic carbocycles. The maximum atomic E-state index is 5.58. The van der Waals surface area contributed by atoms with Crippen molar-refractivity contribution in [3.05, 3.63) is 23.8 Å². The van der Waals surface area contributed by atoms with Crippen LogP contribution >= 0.6 is 0 Å². The van der Waals surface area contributed by atoms with E-state index in [1.54, 1.807) is 7.11 Å². The molecule has 16 heavy (non-hydrogen) atoms. The topological polar surface area (TPSA) is 44.5 Å². The van der Waals surface area contributed by atoms with Gasteiger partial charge in [-0.1, -0.05) is 18.8 Å². The molecule has 0 bridgehead atoms. The molecule has 3 heteroatoms. The molecule has 0 aliphatic rings. The van der Waals surface area contributed by atoms with Crippen LogP contribution in [0.1, 0.15) is 18.9 Å². The molecule has 0 amide bonds. The number of rotatable bonds is 4. The van der Waals surface area contributed by atoms with Crippen LogP contribution in [0.25, 0.3) is 0 Å². The van der Waals surface area contributed by atoms with Crippen LogP contribution in [0.2, 0.25) is 0 Å². The third-order valence-electron chi connectivity index (χ3n) is 1.97. The third kappa shape index (κ3) is 3.48. The molecule has 1 aromatic rings. The van der Waals surface area contributed by atoms with Gasteiger partial charge in [0.2, 0.25) is 0 Å². The van der Waals surface area contributed by atoms with Crippen molar-refractivity contribution in [1.29, 1.82) is 0 Å². The van der Waals surface area contributed by atoms with Crippen molar-refractivity contribution in [3.8, 4) is 23.3 Å². The van der Waals surface area contributed by atoms with Crippen molar-refractivity contribution in [1.82, 2.24) is 0 Å². The lowest BCUT2D eigenvalue weighted by atomic mass is 10.2. The monoisotopic (exact) mass is 219 g/mol. The molecule has 2 N–H and O–H groups in total. The average molecular weight is 219 g/mol. The molecule has 0 saturated carbocycles. The Kier molecular flexibility index (Phi) is 5.24. The predicted octanol–water partition coefficient (Wildman–Crippen LogP) is 1.79. The zero-order valence-corrected chi connectivity index (χ0v) is 9.75. The zero-order chi connectivity index (χ0) is 11.8. The molecular formula is C13H17NO2. The molecule has 3 nitrogen and oxygen atoms in total. The van der Waals surface area contributed by atoms with Gasteiger partial charge in [0.25, 0.3) is 0 Å². The molecule has 1 aromatic carbocycles. The van der Waals surface area contributed by atoms with Gasteiger partial charge >= 0.3 is 0 Å². The van der Waals surface area contributed by atoms with Crippen LogP contribution in [-0.4, -0.2) is 20.3 Å². The van der Waals surface area contributed by atoms with E-state index in [1.165, 1.54) is 0 Å². The molecule has 0 atom stereocenters. The van der Waals surface area contributed by atoms with E-state index in [4.69, 9.17) is 15.2 Å². The van der Waals surface area contributed by atoms with Crippen LogP contribution in [0.5, 0.6) is 11.5 Å². The summed E-state index contributed by atoms with van der Waals surface area (Å²) in [5, 5.41) is 0. The average Bonchev–Trinajstić information content (AvgIpc) is 2.34. The van der Waals surface area contributed by atoms with E-state index in [0.29, 0.717) is 13.2 Å². The summed E-state index contributed by atoms with van der Waals surface area (Å²) in [5.41, 5.74) is 6.17. The third-order valence-corrected chi connectivity index (χ3v) is 1.97. The van der Waals surface area contributed by atoms with Crippen LogP contribution in [0.4, 0.5) is 0 Å². The number of nitrogens with two attached hydrogens (primary N) is 1. The Bertz CT molecular complexity index is 391. The van der Waals surface area contributed by atoms with Gasteiger partial charge in [0.15, 0.2) is 0 Å². The van der Waals surface area contributed by atoms with Gasteiger partial charge in [-0.25, -0.2) is 0 Å². The Balaban J connectivity index is 2.96. The molecule has 0 heterocycles. The highest BCUT2D eigenvalue weighted by molar-refractivity contribution is 5.50. The number of benzene rings is 1. The number of ether oxygens (including phenoxy) is 2. The highest BCUT2D eigenvalue weighted by Gasteiger charge is 2.02. The lowest BCUT2D eigenvalue weighted by molar-refractivity contribution is 0.315. The Hall–Kier alpha value is -1.66. The normalized spacial score (nSPS) is 9.19. The van der Waals surface area contributed by atoms with Gasteiger partial charge in [-0.15, -0.1) is 0 Å². The van der Waals surface area contributed by atoms with Crippen LogP contribution in [-0.2, 0) is 0 Å². The van der Waals surface area contributed by atoms with Gasteiger partial charge in [0.1, 0.15) is 11.5 Å². The second-order valence-corrected chi connectivity index (χ2v) is 3.22. The van der Waals surface area contributed by atoms with Crippen molar-refractivity contribution in [2.45, 2.75) is 13.3 Å². The first-order chi connectivity index (χ1) is 7.81. The van der Waals surface area contributed by atoms with E-state index < -0.39 is 0 Å². The van der Waals surface area contributed by atoms with Crippen LogP contribution in [0, 0.1) is 11.8 Å². The predicted molar refractivity (Wildman–Crippen MR) is 64.7 cm³/mol. The SMILES string of the molecule is CCCOc1ccc(OC)cc1C#CCN. The van der Waals surface area contributed by atoms with Gasteiger partial charge in [0.05, 0.1) is 25.8 Å². The highest BCUT2D eigenvalue weighted by Crippen LogP contribution is 2.23.